The van der Waals surface area contributed by atoms with E-state index < -0.39 is 97.5 Å². The molecule has 0 aromatic heterocycles. The van der Waals surface area contributed by atoms with Gasteiger partial charge in [0.25, 0.3) is 0 Å². The SMILES string of the molecule is CCCCCCCCCCCCCC(=O)OC[C@H](COP(=O)(O)OC[C@H](O)COP(=O)(O)OC[C@@H](COC(=O)CCCCCCCCCCCCCCCCCC(C)C)OC(=O)CCCCCCCCCCCCCCCCCCCCC(C)CC)OC(=O)CCCCCCCCCCCCCCCCCC(C)C. The zero-order chi connectivity index (χ0) is 80.0. The van der Waals surface area contributed by atoms with Crippen LogP contribution >= 0.6 is 15.6 Å². The molecule has 3 unspecified atom stereocenters. The van der Waals surface area contributed by atoms with E-state index in [-0.39, 0.29) is 25.7 Å². The summed E-state index contributed by atoms with van der Waals surface area (Å²) in [7, 11) is -9.93. The number of unbranched alkanes of at least 4 members (excludes halogenated alkanes) is 55. The minimum absolute atomic E-state index is 0.108. The zero-order valence-corrected chi connectivity index (χ0v) is 73.8. The molecule has 19 heteroatoms. The molecule has 0 aliphatic carbocycles. The number of hydrogen-bond acceptors (Lipinski definition) is 15. The summed E-state index contributed by atoms with van der Waals surface area (Å²) in [5.41, 5.74) is 0. The second kappa shape index (κ2) is 79.9. The smallest absolute Gasteiger partial charge is 0.462 e. The number of rotatable bonds is 88. The van der Waals surface area contributed by atoms with Gasteiger partial charge in [-0.05, 0) is 43.4 Å². The number of esters is 4. The second-order valence-electron chi connectivity index (χ2n) is 33.5. The van der Waals surface area contributed by atoms with Gasteiger partial charge in [0, 0.05) is 25.7 Å². The quantitative estimate of drug-likeness (QED) is 0.0222. The molecular formula is C90H176O17P2. The maximum absolute atomic E-state index is 13.2. The fourth-order valence-electron chi connectivity index (χ4n) is 14.0. The van der Waals surface area contributed by atoms with Crippen LogP contribution in [0.3, 0.4) is 0 Å². The van der Waals surface area contributed by atoms with Crippen LogP contribution in [-0.4, -0.2) is 96.7 Å². The molecule has 648 valence electrons. The van der Waals surface area contributed by atoms with Crippen molar-refractivity contribution in [2.24, 2.45) is 17.8 Å². The molecule has 0 aromatic rings. The number of carbonyl (C=O) groups excluding carboxylic acids is 4. The number of phosphoric ester groups is 2. The van der Waals surface area contributed by atoms with E-state index in [4.69, 9.17) is 37.0 Å². The van der Waals surface area contributed by atoms with Crippen LogP contribution in [-0.2, 0) is 65.4 Å². The topological polar surface area (TPSA) is 237 Å². The lowest BCUT2D eigenvalue weighted by Gasteiger charge is -2.21. The summed E-state index contributed by atoms with van der Waals surface area (Å²) in [4.78, 5) is 73.4. The van der Waals surface area contributed by atoms with E-state index in [1.165, 1.54) is 289 Å². The van der Waals surface area contributed by atoms with Gasteiger partial charge in [0.05, 0.1) is 26.4 Å². The first-order valence-electron chi connectivity index (χ1n) is 46.4. The van der Waals surface area contributed by atoms with Crippen LogP contribution in [0, 0.1) is 17.8 Å². The zero-order valence-electron chi connectivity index (χ0n) is 72.0. The number of aliphatic hydroxyl groups is 1. The molecule has 109 heavy (non-hydrogen) atoms. The standard InChI is InChI=1S/C90H176O17P2/c1-8-10-11-12-13-14-33-43-50-57-64-71-87(92)100-77-85(106-90(95)74-67-60-53-46-39-32-26-20-22-28-35-41-48-55-62-69-82(5)6)79-104-108(96,97)102-75-84(91)76-103-109(98,99)105-80-86(78-101-88(93)72-65-58-51-44-37-30-25-19-21-27-34-40-47-54-61-68-81(3)4)107-89(94)73-66-59-52-45-38-31-24-18-16-15-17-23-29-36-42-49-56-63-70-83(7)9-2/h81-86,91H,8-80H2,1-7H3,(H,96,97)(H,98,99)/t83?,84-,85+,86+/m0/s1. The predicted molar refractivity (Wildman–Crippen MR) is 451 cm³/mol. The number of carbonyl (C=O) groups is 4. The van der Waals surface area contributed by atoms with E-state index in [0.29, 0.717) is 25.7 Å². The second-order valence-corrected chi connectivity index (χ2v) is 36.4. The molecule has 6 atom stereocenters. The lowest BCUT2D eigenvalue weighted by molar-refractivity contribution is -0.161. The largest absolute Gasteiger partial charge is 0.472 e. The summed E-state index contributed by atoms with van der Waals surface area (Å²) in [6, 6.07) is 0. The molecule has 0 rings (SSSR count). The average Bonchev–Trinajstić information content (AvgIpc) is 0.895. The minimum atomic E-state index is -4.97. The maximum Gasteiger partial charge on any atom is 0.472 e. The van der Waals surface area contributed by atoms with E-state index in [2.05, 4.69) is 48.5 Å². The Morgan fingerprint density at radius 1 is 0.266 bits per heavy atom. The Morgan fingerprint density at radius 2 is 0.468 bits per heavy atom. The number of hydrogen-bond donors (Lipinski definition) is 3. The van der Waals surface area contributed by atoms with Crippen molar-refractivity contribution in [3.05, 3.63) is 0 Å². The van der Waals surface area contributed by atoms with Crippen molar-refractivity contribution in [3.63, 3.8) is 0 Å². The first-order valence-corrected chi connectivity index (χ1v) is 49.4. The summed E-state index contributed by atoms with van der Waals surface area (Å²) in [6.45, 7) is 12.1. The molecule has 0 aliphatic heterocycles. The van der Waals surface area contributed by atoms with Crippen molar-refractivity contribution in [2.75, 3.05) is 39.6 Å². The van der Waals surface area contributed by atoms with Crippen molar-refractivity contribution in [1.82, 2.24) is 0 Å². The van der Waals surface area contributed by atoms with Crippen LogP contribution in [0.4, 0.5) is 0 Å². The molecule has 0 amide bonds. The van der Waals surface area contributed by atoms with Gasteiger partial charge in [0.2, 0.25) is 0 Å². The highest BCUT2D eigenvalue weighted by Gasteiger charge is 2.31. The fourth-order valence-corrected chi connectivity index (χ4v) is 15.6. The molecule has 0 radical (unpaired) electrons. The van der Waals surface area contributed by atoms with Gasteiger partial charge in [-0.25, -0.2) is 9.13 Å². The van der Waals surface area contributed by atoms with Crippen LogP contribution in [0.5, 0.6) is 0 Å². The number of aliphatic hydroxyl groups excluding tert-OH is 1. The summed E-state index contributed by atoms with van der Waals surface area (Å²) in [5, 5.41) is 10.7. The molecule has 0 bridgehead atoms. The summed E-state index contributed by atoms with van der Waals surface area (Å²) in [6.07, 6.45) is 72.1. The normalized spacial score (nSPS) is 14.1. The minimum Gasteiger partial charge on any atom is -0.462 e. The van der Waals surface area contributed by atoms with Gasteiger partial charge in [-0.15, -0.1) is 0 Å². The molecule has 0 fully saturated rings. The average molecular weight is 1590 g/mol. The van der Waals surface area contributed by atoms with Crippen molar-refractivity contribution in [2.45, 2.75) is 497 Å². The van der Waals surface area contributed by atoms with Crippen LogP contribution in [0.15, 0.2) is 0 Å². The molecule has 17 nitrogen and oxygen atoms in total. The van der Waals surface area contributed by atoms with Crippen LogP contribution in [0.2, 0.25) is 0 Å². The number of phosphoric acid groups is 2. The van der Waals surface area contributed by atoms with Gasteiger partial charge in [0.1, 0.15) is 19.3 Å². The van der Waals surface area contributed by atoms with Gasteiger partial charge in [-0.1, -0.05) is 427 Å². The first kappa shape index (κ1) is 107. The Hall–Kier alpha value is -1.94. The van der Waals surface area contributed by atoms with Crippen LogP contribution in [0.25, 0.3) is 0 Å². The molecule has 0 saturated carbocycles. The van der Waals surface area contributed by atoms with E-state index in [9.17, 15) is 43.2 Å². The Labute approximate surface area is 670 Å². The molecular weight excluding hydrogens is 1410 g/mol. The van der Waals surface area contributed by atoms with Gasteiger partial charge < -0.3 is 33.8 Å². The Morgan fingerprint density at radius 3 is 0.697 bits per heavy atom. The maximum atomic E-state index is 13.2. The van der Waals surface area contributed by atoms with E-state index >= 15 is 0 Å². The molecule has 0 spiro atoms. The van der Waals surface area contributed by atoms with Gasteiger partial charge >= 0.3 is 39.5 Å². The van der Waals surface area contributed by atoms with Gasteiger partial charge in [-0.2, -0.15) is 0 Å². The Bertz CT molecular complexity index is 2100. The third-order valence-corrected chi connectivity index (χ3v) is 23.4. The highest BCUT2D eigenvalue weighted by atomic mass is 31.2. The van der Waals surface area contributed by atoms with Gasteiger partial charge in [0.15, 0.2) is 12.2 Å². The van der Waals surface area contributed by atoms with Crippen molar-refractivity contribution < 1.29 is 80.2 Å². The monoisotopic (exact) mass is 1590 g/mol. The third-order valence-electron chi connectivity index (χ3n) is 21.5. The summed E-state index contributed by atoms with van der Waals surface area (Å²) in [5.74, 6) is 0.382. The first-order chi connectivity index (χ1) is 52.8. The predicted octanol–water partition coefficient (Wildman–Crippen LogP) is 27.6. The van der Waals surface area contributed by atoms with Crippen molar-refractivity contribution in [3.8, 4) is 0 Å². The van der Waals surface area contributed by atoms with Gasteiger partial charge in [-0.3, -0.25) is 37.3 Å². The summed E-state index contributed by atoms with van der Waals surface area (Å²) < 4.78 is 69.0. The third kappa shape index (κ3) is 82.4. The molecule has 0 aliphatic rings. The summed E-state index contributed by atoms with van der Waals surface area (Å²) >= 11 is 0. The van der Waals surface area contributed by atoms with Crippen LogP contribution in [0.1, 0.15) is 479 Å². The fraction of sp³-hybridized carbons (Fsp3) is 0.956. The number of ether oxygens (including phenoxy) is 4. The van der Waals surface area contributed by atoms with Crippen molar-refractivity contribution >= 4 is 39.5 Å². The molecule has 3 N–H and O–H groups in total. The van der Waals surface area contributed by atoms with E-state index in [1.807, 2.05) is 0 Å². The molecule has 0 heterocycles. The molecule has 0 aromatic carbocycles. The Balaban J connectivity index is 5.24. The Kier molecular flexibility index (Phi) is 78.5. The molecule has 0 saturated heterocycles. The highest BCUT2D eigenvalue weighted by Crippen LogP contribution is 2.45. The van der Waals surface area contributed by atoms with Crippen LogP contribution < -0.4 is 0 Å². The van der Waals surface area contributed by atoms with Crippen molar-refractivity contribution in [1.29, 1.82) is 0 Å². The van der Waals surface area contributed by atoms with E-state index in [0.717, 1.165) is 108 Å². The highest BCUT2D eigenvalue weighted by molar-refractivity contribution is 7.47. The lowest BCUT2D eigenvalue weighted by Crippen LogP contribution is -2.30. The lowest BCUT2D eigenvalue weighted by atomic mass is 9.99. The van der Waals surface area contributed by atoms with E-state index in [1.54, 1.807) is 0 Å².